The largest absolute Gasteiger partial charge is 0.377 e. The third kappa shape index (κ3) is 3.98. The first kappa shape index (κ1) is 13.4. The summed E-state index contributed by atoms with van der Waals surface area (Å²) < 4.78 is 6.77. The summed E-state index contributed by atoms with van der Waals surface area (Å²) in [5.74, 6) is 1.05. The van der Waals surface area contributed by atoms with Gasteiger partial charge in [0.1, 0.15) is 0 Å². The van der Waals surface area contributed by atoms with Crippen molar-refractivity contribution in [2.45, 2.75) is 30.3 Å². The van der Waals surface area contributed by atoms with Crippen LogP contribution in [0.5, 0.6) is 0 Å². The van der Waals surface area contributed by atoms with Gasteiger partial charge in [-0.3, -0.25) is 0 Å². The second kappa shape index (κ2) is 6.78. The van der Waals surface area contributed by atoms with Crippen LogP contribution < -0.4 is 5.73 Å². The molecule has 0 radical (unpaired) electrons. The Kier molecular flexibility index (Phi) is 5.35. The highest BCUT2D eigenvalue weighted by Gasteiger charge is 2.16. The summed E-state index contributed by atoms with van der Waals surface area (Å²) in [6, 6.07) is 6.44. The highest BCUT2D eigenvalue weighted by molar-refractivity contribution is 9.10. The third-order valence-corrected chi connectivity index (χ3v) is 4.63. The fourth-order valence-corrected chi connectivity index (χ4v) is 3.55. The lowest BCUT2D eigenvalue weighted by atomic mass is 10.1. The molecule has 2 rings (SSSR count). The van der Waals surface area contributed by atoms with Gasteiger partial charge in [-0.2, -0.15) is 0 Å². The van der Waals surface area contributed by atoms with Gasteiger partial charge in [0, 0.05) is 21.7 Å². The molecule has 0 spiro atoms. The highest BCUT2D eigenvalue weighted by atomic mass is 79.9. The Balaban J connectivity index is 1.98. The standard InChI is InChI=1S/C13H18BrNOS/c14-11-3-4-13(10(8-11)5-6-15)17-9-12-2-1-7-16-12/h3-4,8,12H,1-2,5-7,9,15H2. The van der Waals surface area contributed by atoms with E-state index in [1.54, 1.807) is 0 Å². The molecule has 1 aliphatic heterocycles. The van der Waals surface area contributed by atoms with Crippen LogP contribution in [0, 0.1) is 0 Å². The molecule has 1 fully saturated rings. The van der Waals surface area contributed by atoms with E-state index in [0.29, 0.717) is 12.6 Å². The molecule has 1 unspecified atom stereocenters. The van der Waals surface area contributed by atoms with Crippen LogP contribution in [0.3, 0.4) is 0 Å². The second-order valence-corrected chi connectivity index (χ2v) is 6.21. The third-order valence-electron chi connectivity index (χ3n) is 2.88. The zero-order valence-corrected chi connectivity index (χ0v) is 12.2. The van der Waals surface area contributed by atoms with Crippen LogP contribution in [-0.2, 0) is 11.2 Å². The number of hydrogen-bond donors (Lipinski definition) is 1. The van der Waals surface area contributed by atoms with Crippen LogP contribution in [0.1, 0.15) is 18.4 Å². The summed E-state index contributed by atoms with van der Waals surface area (Å²) in [5, 5.41) is 0. The molecule has 0 aromatic heterocycles. The minimum atomic E-state index is 0.439. The molecule has 0 aliphatic carbocycles. The molecule has 1 aliphatic rings. The van der Waals surface area contributed by atoms with Gasteiger partial charge in [0.25, 0.3) is 0 Å². The minimum absolute atomic E-state index is 0.439. The Morgan fingerprint density at radius 3 is 3.06 bits per heavy atom. The van der Waals surface area contributed by atoms with E-state index in [1.165, 1.54) is 23.3 Å². The summed E-state index contributed by atoms with van der Waals surface area (Å²) in [6.45, 7) is 1.63. The summed E-state index contributed by atoms with van der Waals surface area (Å²) in [4.78, 5) is 1.34. The van der Waals surface area contributed by atoms with E-state index in [-0.39, 0.29) is 0 Å². The van der Waals surface area contributed by atoms with Gasteiger partial charge in [0.2, 0.25) is 0 Å². The van der Waals surface area contributed by atoms with Crippen LogP contribution in [0.2, 0.25) is 0 Å². The van der Waals surface area contributed by atoms with Crippen molar-refractivity contribution in [2.75, 3.05) is 18.9 Å². The fraction of sp³-hybridized carbons (Fsp3) is 0.538. The first-order valence-electron chi connectivity index (χ1n) is 6.02. The van der Waals surface area contributed by atoms with Gasteiger partial charge < -0.3 is 10.5 Å². The normalized spacial score (nSPS) is 19.8. The van der Waals surface area contributed by atoms with Crippen LogP contribution in [-0.4, -0.2) is 25.0 Å². The Labute approximate surface area is 115 Å². The SMILES string of the molecule is NCCc1cc(Br)ccc1SCC1CCCO1. The van der Waals surface area contributed by atoms with E-state index >= 15 is 0 Å². The number of nitrogens with two attached hydrogens (primary N) is 1. The Morgan fingerprint density at radius 1 is 1.47 bits per heavy atom. The van der Waals surface area contributed by atoms with Gasteiger partial charge in [-0.1, -0.05) is 15.9 Å². The van der Waals surface area contributed by atoms with E-state index in [0.717, 1.165) is 23.3 Å². The monoisotopic (exact) mass is 315 g/mol. The maximum Gasteiger partial charge on any atom is 0.0669 e. The lowest BCUT2D eigenvalue weighted by Crippen LogP contribution is -2.09. The Morgan fingerprint density at radius 2 is 2.35 bits per heavy atom. The number of halogens is 1. The predicted octanol–water partition coefficient (Wildman–Crippen LogP) is 3.22. The first-order valence-corrected chi connectivity index (χ1v) is 7.80. The van der Waals surface area contributed by atoms with Crippen molar-refractivity contribution in [1.29, 1.82) is 0 Å². The molecular weight excluding hydrogens is 298 g/mol. The van der Waals surface area contributed by atoms with E-state index < -0.39 is 0 Å². The van der Waals surface area contributed by atoms with E-state index in [1.807, 2.05) is 11.8 Å². The minimum Gasteiger partial charge on any atom is -0.377 e. The maximum absolute atomic E-state index is 5.65. The summed E-state index contributed by atoms with van der Waals surface area (Å²) >= 11 is 5.40. The Hall–Kier alpha value is -0.0300. The summed E-state index contributed by atoms with van der Waals surface area (Å²) in [7, 11) is 0. The molecule has 0 saturated carbocycles. The number of benzene rings is 1. The fourth-order valence-electron chi connectivity index (χ4n) is 2.00. The molecule has 1 heterocycles. The molecule has 1 atom stereocenters. The van der Waals surface area contributed by atoms with E-state index in [9.17, 15) is 0 Å². The molecule has 1 aromatic carbocycles. The van der Waals surface area contributed by atoms with Crippen molar-refractivity contribution in [3.8, 4) is 0 Å². The first-order chi connectivity index (χ1) is 8.29. The molecular formula is C13H18BrNOS. The average molecular weight is 316 g/mol. The predicted molar refractivity (Wildman–Crippen MR) is 76.6 cm³/mol. The highest BCUT2D eigenvalue weighted by Crippen LogP contribution is 2.29. The zero-order chi connectivity index (χ0) is 12.1. The molecule has 0 amide bonds. The van der Waals surface area contributed by atoms with Crippen molar-refractivity contribution < 1.29 is 4.74 Å². The Bertz CT molecular complexity index is 366. The van der Waals surface area contributed by atoms with Gasteiger partial charge in [0.05, 0.1) is 6.10 Å². The van der Waals surface area contributed by atoms with Crippen molar-refractivity contribution >= 4 is 27.7 Å². The van der Waals surface area contributed by atoms with Crippen molar-refractivity contribution in [1.82, 2.24) is 0 Å². The molecule has 4 heteroatoms. The van der Waals surface area contributed by atoms with Gasteiger partial charge in [-0.25, -0.2) is 0 Å². The zero-order valence-electron chi connectivity index (χ0n) is 9.82. The number of rotatable bonds is 5. The molecule has 2 nitrogen and oxygen atoms in total. The molecule has 17 heavy (non-hydrogen) atoms. The van der Waals surface area contributed by atoms with Crippen molar-refractivity contribution in [3.05, 3.63) is 28.2 Å². The topological polar surface area (TPSA) is 35.2 Å². The number of ether oxygens (including phenoxy) is 1. The van der Waals surface area contributed by atoms with Crippen LogP contribution in [0.25, 0.3) is 0 Å². The van der Waals surface area contributed by atoms with Gasteiger partial charge >= 0.3 is 0 Å². The van der Waals surface area contributed by atoms with Gasteiger partial charge in [-0.15, -0.1) is 11.8 Å². The molecule has 2 N–H and O–H groups in total. The number of hydrogen-bond acceptors (Lipinski definition) is 3. The second-order valence-electron chi connectivity index (χ2n) is 4.24. The van der Waals surface area contributed by atoms with Gasteiger partial charge in [0.15, 0.2) is 0 Å². The van der Waals surface area contributed by atoms with E-state index in [4.69, 9.17) is 10.5 Å². The molecule has 1 aromatic rings. The average Bonchev–Trinajstić information content (AvgIpc) is 2.81. The quantitative estimate of drug-likeness (QED) is 0.847. The molecule has 1 saturated heterocycles. The summed E-state index contributed by atoms with van der Waals surface area (Å²) in [5.41, 5.74) is 6.99. The molecule has 94 valence electrons. The van der Waals surface area contributed by atoms with Crippen LogP contribution in [0.4, 0.5) is 0 Å². The number of thioether (sulfide) groups is 1. The molecule has 0 bridgehead atoms. The van der Waals surface area contributed by atoms with Crippen molar-refractivity contribution in [3.63, 3.8) is 0 Å². The lowest BCUT2D eigenvalue weighted by molar-refractivity contribution is 0.129. The van der Waals surface area contributed by atoms with Crippen LogP contribution >= 0.6 is 27.7 Å². The lowest BCUT2D eigenvalue weighted by Gasteiger charge is -2.12. The van der Waals surface area contributed by atoms with Gasteiger partial charge in [-0.05, 0) is 49.6 Å². The summed E-state index contributed by atoms with van der Waals surface area (Å²) in [6.07, 6.45) is 3.79. The van der Waals surface area contributed by atoms with E-state index in [2.05, 4.69) is 34.1 Å². The smallest absolute Gasteiger partial charge is 0.0669 e. The maximum atomic E-state index is 5.65. The van der Waals surface area contributed by atoms with Crippen molar-refractivity contribution in [2.24, 2.45) is 5.73 Å². The van der Waals surface area contributed by atoms with Crippen LogP contribution in [0.15, 0.2) is 27.6 Å².